The molecule has 21 heteroatoms. The largest absolute Gasteiger partial charge is 0.508 e. The Hall–Kier alpha value is -4.86. The average molecular weight is 747 g/mol. The van der Waals surface area contributed by atoms with Crippen LogP contribution in [0.15, 0.2) is 57.0 Å². The van der Waals surface area contributed by atoms with Crippen LogP contribution in [-0.2, 0) is 19.2 Å². The average Bonchev–Trinajstić information content (AvgIpc) is 3.51. The van der Waals surface area contributed by atoms with Crippen molar-refractivity contribution in [2.24, 2.45) is 5.92 Å². The molecule has 3 aliphatic rings. The zero-order chi connectivity index (χ0) is 36.1. The summed E-state index contributed by atoms with van der Waals surface area (Å²) in [7, 11) is 0. The fraction of sp³-hybridized carbons (Fsp3) is 0.345. The number of urea groups is 1. The van der Waals surface area contributed by atoms with Crippen LogP contribution in [0, 0.1) is 5.92 Å². The molecule has 4 heterocycles. The van der Waals surface area contributed by atoms with Crippen LogP contribution in [0.1, 0.15) is 32.4 Å². The van der Waals surface area contributed by atoms with Gasteiger partial charge in [-0.05, 0) is 29.2 Å². The summed E-state index contributed by atoms with van der Waals surface area (Å²) in [5.74, 6) is -2.02. The molecule has 0 saturated carbocycles. The standard InChI is InChI=1S/C29H34N10O8S3/c1-13(2)8-30-28-31-9-18(23(42)36-28)33-29(47)35-20(15-4-6-17(41)7-5-15)24(43)34-21-25(44)38-22(27(45)46)16(12-49-26(21)38)11-48-19-10-32-39(50-19)37-14(3)40/h4-7,9-10,13,20-21,26,32,41H,8,11-12H2,1-3H3,(H,34,43)(H,37,40)(H,45,46)(H2,33,35,47)(H2,30,31,36,42)/t20-,21?,26-/m1/s1. The molecule has 0 bridgehead atoms. The van der Waals surface area contributed by atoms with Crippen LogP contribution in [-0.4, -0.2) is 88.8 Å². The number of fused-ring (bicyclic) bond motifs is 1. The number of phenols is 1. The third-order valence-corrected chi connectivity index (χ3v) is 10.7. The first-order valence-corrected chi connectivity index (χ1v) is 17.9. The van der Waals surface area contributed by atoms with Gasteiger partial charge in [-0.25, -0.2) is 14.6 Å². The van der Waals surface area contributed by atoms with Crippen LogP contribution >= 0.6 is 35.5 Å². The van der Waals surface area contributed by atoms with Gasteiger partial charge in [0.25, 0.3) is 11.5 Å². The molecule has 5 rings (SSSR count). The molecule has 1 saturated heterocycles. The molecule has 1 aromatic heterocycles. The van der Waals surface area contributed by atoms with E-state index in [1.165, 1.54) is 77.4 Å². The predicted molar refractivity (Wildman–Crippen MR) is 188 cm³/mol. The molecule has 9 N–H and O–H groups in total. The van der Waals surface area contributed by atoms with Crippen molar-refractivity contribution >= 4 is 76.8 Å². The number of carbonyl (C=O) groups excluding carboxylic acids is 4. The van der Waals surface area contributed by atoms with Crippen molar-refractivity contribution in [1.82, 2.24) is 40.9 Å². The number of amides is 5. The lowest BCUT2D eigenvalue weighted by Crippen LogP contribution is -2.71. The van der Waals surface area contributed by atoms with Gasteiger partial charge in [0.2, 0.25) is 17.8 Å². The number of rotatable bonds is 13. The van der Waals surface area contributed by atoms with E-state index in [2.05, 4.69) is 42.1 Å². The Labute approximate surface area is 297 Å². The van der Waals surface area contributed by atoms with E-state index < -0.39 is 46.8 Å². The Morgan fingerprint density at radius 1 is 1.16 bits per heavy atom. The summed E-state index contributed by atoms with van der Waals surface area (Å²) in [6.45, 7) is 5.89. The van der Waals surface area contributed by atoms with Gasteiger partial charge in [0.15, 0.2) is 0 Å². The Bertz CT molecular complexity index is 1800. The number of hydrogen-bond acceptors (Lipinski definition) is 14. The Morgan fingerprint density at radius 3 is 2.56 bits per heavy atom. The van der Waals surface area contributed by atoms with Crippen molar-refractivity contribution in [1.29, 1.82) is 0 Å². The van der Waals surface area contributed by atoms with E-state index in [-0.39, 0.29) is 46.1 Å². The van der Waals surface area contributed by atoms with Crippen LogP contribution < -0.4 is 37.7 Å². The maximum Gasteiger partial charge on any atom is 0.352 e. The van der Waals surface area contributed by atoms with Crippen LogP contribution in [0.4, 0.5) is 16.4 Å². The normalized spacial score (nSPS) is 19.1. The summed E-state index contributed by atoms with van der Waals surface area (Å²) in [5.41, 5.74) is 5.20. The van der Waals surface area contributed by atoms with Gasteiger partial charge in [0.1, 0.15) is 34.6 Å². The number of hydrogen-bond donors (Lipinski definition) is 9. The fourth-order valence-electron chi connectivity index (χ4n) is 4.84. The summed E-state index contributed by atoms with van der Waals surface area (Å²) < 4.78 is 2.16. The number of carboxylic acids is 1. The third-order valence-electron chi connectivity index (χ3n) is 7.17. The number of hydrazine groups is 2. The van der Waals surface area contributed by atoms with Gasteiger partial charge in [-0.1, -0.05) is 30.5 Å². The molecular weight excluding hydrogens is 713 g/mol. The van der Waals surface area contributed by atoms with Crippen LogP contribution in [0.25, 0.3) is 0 Å². The van der Waals surface area contributed by atoms with Crippen molar-refractivity contribution in [3.8, 4) is 5.75 Å². The molecule has 0 radical (unpaired) electrons. The van der Waals surface area contributed by atoms with Crippen molar-refractivity contribution in [2.45, 2.75) is 38.2 Å². The van der Waals surface area contributed by atoms with Gasteiger partial charge in [-0.15, -0.1) is 23.5 Å². The molecule has 0 aliphatic carbocycles. The quantitative estimate of drug-likeness (QED) is 0.103. The lowest BCUT2D eigenvalue weighted by atomic mass is 10.0. The van der Waals surface area contributed by atoms with Gasteiger partial charge >= 0.3 is 12.0 Å². The summed E-state index contributed by atoms with van der Waals surface area (Å²) in [6, 6.07) is 2.05. The Kier molecular flexibility index (Phi) is 11.5. The number of aromatic amines is 1. The van der Waals surface area contributed by atoms with E-state index in [0.717, 1.165) is 9.14 Å². The maximum atomic E-state index is 13.6. The smallest absolute Gasteiger partial charge is 0.352 e. The first-order chi connectivity index (χ1) is 23.8. The summed E-state index contributed by atoms with van der Waals surface area (Å²) in [6.07, 6.45) is 2.82. The highest BCUT2D eigenvalue weighted by Gasteiger charge is 2.54. The van der Waals surface area contributed by atoms with Crippen LogP contribution in [0.5, 0.6) is 5.75 Å². The second-order valence-corrected chi connectivity index (χ2v) is 14.8. The second kappa shape index (κ2) is 15.8. The number of H-pyrrole nitrogens is 1. The number of phenolic OH excluding ortho intramolecular Hbond substituents is 1. The molecule has 18 nitrogen and oxygen atoms in total. The molecule has 3 aliphatic heterocycles. The molecule has 0 spiro atoms. The van der Waals surface area contributed by atoms with Gasteiger partial charge in [-0.3, -0.25) is 39.9 Å². The number of aromatic hydroxyl groups is 1. The van der Waals surface area contributed by atoms with Gasteiger partial charge in [0, 0.05) is 43.1 Å². The van der Waals surface area contributed by atoms with Crippen molar-refractivity contribution in [3.63, 3.8) is 0 Å². The molecule has 1 unspecified atom stereocenters. The number of carboxylic acid groups (broad SMARTS) is 1. The zero-order valence-corrected chi connectivity index (χ0v) is 29.3. The maximum absolute atomic E-state index is 13.6. The highest BCUT2D eigenvalue weighted by molar-refractivity contribution is 8.21. The lowest BCUT2D eigenvalue weighted by molar-refractivity contribution is -0.150. The minimum absolute atomic E-state index is 0.0874. The molecule has 5 amide bonds. The molecule has 266 valence electrons. The molecule has 1 fully saturated rings. The topological polar surface area (TPSA) is 250 Å². The van der Waals surface area contributed by atoms with Crippen molar-refractivity contribution in [2.75, 3.05) is 28.7 Å². The molecule has 1 aromatic carbocycles. The van der Waals surface area contributed by atoms with E-state index in [1.54, 1.807) is 6.20 Å². The molecule has 3 atom stereocenters. The monoisotopic (exact) mass is 746 g/mol. The van der Waals surface area contributed by atoms with Crippen molar-refractivity contribution in [3.05, 3.63) is 68.1 Å². The predicted octanol–water partition coefficient (Wildman–Crippen LogP) is 1.20. The number of nitrogens with zero attached hydrogens (tertiary/aromatic N) is 3. The second-order valence-electron chi connectivity index (χ2n) is 11.5. The highest BCUT2D eigenvalue weighted by Crippen LogP contribution is 2.43. The van der Waals surface area contributed by atoms with E-state index in [1.807, 2.05) is 13.8 Å². The third kappa shape index (κ3) is 8.64. The number of thioether (sulfide) groups is 2. The number of nitrogens with one attached hydrogen (secondary N) is 7. The Morgan fingerprint density at radius 2 is 1.90 bits per heavy atom. The Balaban J connectivity index is 1.25. The summed E-state index contributed by atoms with van der Waals surface area (Å²) >= 11 is 3.82. The fourth-order valence-corrected chi connectivity index (χ4v) is 8.18. The molecule has 2 aromatic rings. The number of anilines is 2. The minimum Gasteiger partial charge on any atom is -0.508 e. The number of aliphatic carboxylic acids is 1. The number of β-lactam (4-membered cyclic amide) rings is 1. The first-order valence-electron chi connectivity index (χ1n) is 15.0. The lowest BCUT2D eigenvalue weighted by Gasteiger charge is -2.49. The summed E-state index contributed by atoms with van der Waals surface area (Å²) in [4.78, 5) is 84.0. The molecular formula is C29H34N10O8S3. The van der Waals surface area contributed by atoms with Crippen LogP contribution in [0.2, 0.25) is 0 Å². The SMILES string of the molecule is CC(=O)NN1NC=C(SCC2=C(C(=O)O)N3C(=O)C(NC(=O)[C@H](NC(=O)Nc4cnc(NCC(C)C)[nH]c4=O)c4ccc(O)cc4)[C@H]3SC2)S1. The number of benzene rings is 1. The minimum atomic E-state index is -1.38. The zero-order valence-electron chi connectivity index (χ0n) is 26.8. The van der Waals surface area contributed by atoms with E-state index >= 15 is 0 Å². The number of carbonyl (C=O) groups is 5. The van der Waals surface area contributed by atoms with E-state index in [9.17, 15) is 39.0 Å². The van der Waals surface area contributed by atoms with E-state index in [4.69, 9.17) is 0 Å². The highest BCUT2D eigenvalue weighted by atomic mass is 32.2. The van der Waals surface area contributed by atoms with Gasteiger partial charge < -0.3 is 31.5 Å². The van der Waals surface area contributed by atoms with E-state index in [0.29, 0.717) is 18.0 Å². The van der Waals surface area contributed by atoms with Crippen molar-refractivity contribution < 1.29 is 34.2 Å². The molecule has 50 heavy (non-hydrogen) atoms. The van der Waals surface area contributed by atoms with Gasteiger partial charge in [-0.2, -0.15) is 0 Å². The summed E-state index contributed by atoms with van der Waals surface area (Å²) in [5, 5.41) is 29.6. The number of aromatic nitrogens is 2. The van der Waals surface area contributed by atoms with Gasteiger partial charge in [0.05, 0.1) is 10.4 Å². The van der Waals surface area contributed by atoms with Crippen LogP contribution in [0.3, 0.4) is 0 Å². The first kappa shape index (κ1) is 36.4.